The lowest BCUT2D eigenvalue weighted by molar-refractivity contribution is -0.137. The van der Waals surface area contributed by atoms with Gasteiger partial charge in [-0.3, -0.25) is 0 Å². The minimum Gasteiger partial charge on any atom is -0.200 e. The van der Waals surface area contributed by atoms with Crippen LogP contribution in [-0.4, -0.2) is 14.8 Å². The molecule has 1 aromatic carbocycles. The van der Waals surface area contributed by atoms with Crippen LogP contribution in [0.15, 0.2) is 18.2 Å². The van der Waals surface area contributed by atoms with Gasteiger partial charge in [0.05, 0.1) is 16.3 Å². The molecule has 0 saturated heterocycles. The summed E-state index contributed by atoms with van der Waals surface area (Å²) >= 11 is 17.0. The fraction of sp³-hybridized carbons (Fsp3) is 0.111. The van der Waals surface area contributed by atoms with E-state index < -0.39 is 11.7 Å². The van der Waals surface area contributed by atoms with Crippen LogP contribution in [0.5, 0.6) is 0 Å². The predicted molar refractivity (Wildman–Crippen MR) is 61.4 cm³/mol. The fourth-order valence-electron chi connectivity index (χ4n) is 1.27. The van der Waals surface area contributed by atoms with Crippen LogP contribution in [0.3, 0.4) is 0 Å². The lowest BCUT2D eigenvalue weighted by Crippen LogP contribution is -2.07. The quantitative estimate of drug-likeness (QED) is 0.787. The zero-order valence-electron chi connectivity index (χ0n) is 8.34. The molecule has 0 atom stereocenters. The molecule has 0 fully saturated rings. The molecule has 2 rings (SSSR count). The van der Waals surface area contributed by atoms with E-state index in [9.17, 15) is 13.2 Å². The Balaban J connectivity index is 2.60. The van der Waals surface area contributed by atoms with E-state index in [1.54, 1.807) is 0 Å². The molecular formula is C9H3Cl3F3N3. The van der Waals surface area contributed by atoms with E-state index >= 15 is 0 Å². The smallest absolute Gasteiger partial charge is 0.200 e. The minimum atomic E-state index is -4.49. The van der Waals surface area contributed by atoms with Crippen LogP contribution in [0.25, 0.3) is 5.69 Å². The van der Waals surface area contributed by atoms with Gasteiger partial charge in [-0.2, -0.15) is 18.2 Å². The molecule has 0 aliphatic rings. The van der Waals surface area contributed by atoms with Gasteiger partial charge in [-0.15, -0.1) is 5.10 Å². The molecular weight excluding hydrogens is 313 g/mol. The number of aromatic nitrogens is 3. The van der Waals surface area contributed by atoms with Gasteiger partial charge < -0.3 is 0 Å². The SMILES string of the molecule is FC(F)(F)c1ccc(Cl)c(-n2nc(Cl)nc2Cl)c1. The summed E-state index contributed by atoms with van der Waals surface area (Å²) in [6.07, 6.45) is -4.49. The predicted octanol–water partition coefficient (Wildman–Crippen LogP) is 4.25. The van der Waals surface area contributed by atoms with Crippen molar-refractivity contribution in [2.45, 2.75) is 6.18 Å². The van der Waals surface area contributed by atoms with Crippen LogP contribution >= 0.6 is 34.8 Å². The summed E-state index contributed by atoms with van der Waals surface area (Å²) < 4.78 is 38.7. The highest BCUT2D eigenvalue weighted by Gasteiger charge is 2.31. The monoisotopic (exact) mass is 315 g/mol. The molecule has 0 saturated carbocycles. The van der Waals surface area contributed by atoms with Crippen molar-refractivity contribution < 1.29 is 13.2 Å². The van der Waals surface area contributed by atoms with Gasteiger partial charge in [0.25, 0.3) is 0 Å². The summed E-state index contributed by atoms with van der Waals surface area (Å²) in [4.78, 5) is 3.56. The molecule has 96 valence electrons. The molecule has 1 aromatic heterocycles. The Bertz CT molecular complexity index is 594. The molecule has 0 aliphatic carbocycles. The van der Waals surface area contributed by atoms with Crippen LogP contribution in [0.1, 0.15) is 5.56 Å². The molecule has 18 heavy (non-hydrogen) atoms. The highest BCUT2D eigenvalue weighted by molar-refractivity contribution is 6.33. The van der Waals surface area contributed by atoms with Gasteiger partial charge in [-0.25, -0.2) is 4.68 Å². The second-order valence-corrected chi connectivity index (χ2v) is 4.31. The van der Waals surface area contributed by atoms with Crippen molar-refractivity contribution in [3.05, 3.63) is 39.4 Å². The third kappa shape index (κ3) is 2.55. The first-order valence-electron chi connectivity index (χ1n) is 4.44. The molecule has 0 spiro atoms. The second kappa shape index (κ2) is 4.60. The Labute approximate surface area is 114 Å². The molecule has 0 amide bonds. The number of nitrogens with zero attached hydrogens (tertiary/aromatic N) is 3. The van der Waals surface area contributed by atoms with Gasteiger partial charge in [0, 0.05) is 0 Å². The minimum absolute atomic E-state index is 0.0455. The average Bonchev–Trinajstić information content (AvgIpc) is 2.56. The summed E-state index contributed by atoms with van der Waals surface area (Å²) in [7, 11) is 0. The summed E-state index contributed by atoms with van der Waals surface area (Å²) in [6.45, 7) is 0. The Morgan fingerprint density at radius 2 is 1.78 bits per heavy atom. The van der Waals surface area contributed by atoms with Crippen LogP contribution < -0.4 is 0 Å². The number of rotatable bonds is 1. The molecule has 0 bridgehead atoms. The van der Waals surface area contributed by atoms with Gasteiger partial charge in [-0.1, -0.05) is 11.6 Å². The highest BCUT2D eigenvalue weighted by Crippen LogP contribution is 2.33. The third-order valence-electron chi connectivity index (χ3n) is 2.04. The number of hydrogen-bond acceptors (Lipinski definition) is 2. The van der Waals surface area contributed by atoms with E-state index in [0.29, 0.717) is 0 Å². The molecule has 2 aromatic rings. The maximum atomic E-state index is 12.6. The van der Waals surface area contributed by atoms with E-state index in [1.165, 1.54) is 0 Å². The first-order chi connectivity index (χ1) is 8.29. The Kier molecular flexibility index (Phi) is 3.44. The van der Waals surface area contributed by atoms with Crippen LogP contribution in [0.4, 0.5) is 13.2 Å². The number of halogens is 6. The van der Waals surface area contributed by atoms with Crippen LogP contribution in [0.2, 0.25) is 15.6 Å². The standard InChI is InChI=1S/C9H3Cl3F3N3/c10-5-2-1-4(9(13,14)15)3-6(5)18-8(12)16-7(11)17-18/h1-3H. The highest BCUT2D eigenvalue weighted by atomic mass is 35.5. The van der Waals surface area contributed by atoms with Crippen molar-refractivity contribution in [3.8, 4) is 5.69 Å². The van der Waals surface area contributed by atoms with Crippen molar-refractivity contribution >= 4 is 34.8 Å². The Morgan fingerprint density at radius 3 is 2.28 bits per heavy atom. The maximum absolute atomic E-state index is 12.6. The Hall–Kier alpha value is -0.980. The van der Waals surface area contributed by atoms with Crippen molar-refractivity contribution in [3.63, 3.8) is 0 Å². The van der Waals surface area contributed by atoms with E-state index in [0.717, 1.165) is 22.9 Å². The molecule has 9 heteroatoms. The molecule has 1 heterocycles. The zero-order chi connectivity index (χ0) is 13.5. The number of hydrogen-bond donors (Lipinski definition) is 0. The summed E-state index contributed by atoms with van der Waals surface area (Å²) in [5.41, 5.74) is -0.916. The first kappa shape index (κ1) is 13.5. The lowest BCUT2D eigenvalue weighted by atomic mass is 10.2. The lowest BCUT2D eigenvalue weighted by Gasteiger charge is -2.10. The molecule has 3 nitrogen and oxygen atoms in total. The Morgan fingerprint density at radius 1 is 1.11 bits per heavy atom. The van der Waals surface area contributed by atoms with Crippen LogP contribution in [0, 0.1) is 0 Å². The van der Waals surface area contributed by atoms with Crippen molar-refractivity contribution in [1.82, 2.24) is 14.8 Å². The second-order valence-electron chi connectivity index (χ2n) is 3.23. The van der Waals surface area contributed by atoms with Crippen molar-refractivity contribution in [2.75, 3.05) is 0 Å². The van der Waals surface area contributed by atoms with Gasteiger partial charge in [-0.05, 0) is 41.4 Å². The molecule has 0 radical (unpaired) electrons. The van der Waals surface area contributed by atoms with E-state index in [4.69, 9.17) is 34.8 Å². The van der Waals surface area contributed by atoms with E-state index in [1.807, 2.05) is 0 Å². The van der Waals surface area contributed by atoms with Crippen molar-refractivity contribution in [1.29, 1.82) is 0 Å². The largest absolute Gasteiger partial charge is 0.416 e. The van der Waals surface area contributed by atoms with E-state index in [2.05, 4.69) is 10.1 Å². The fourth-order valence-corrected chi connectivity index (χ4v) is 1.88. The van der Waals surface area contributed by atoms with Crippen LogP contribution in [-0.2, 0) is 6.18 Å². The molecule has 0 N–H and O–H groups in total. The van der Waals surface area contributed by atoms with E-state index in [-0.39, 0.29) is 21.3 Å². The number of alkyl halides is 3. The molecule has 0 unspecified atom stereocenters. The van der Waals surface area contributed by atoms with Gasteiger partial charge in [0.2, 0.25) is 10.6 Å². The normalized spacial score (nSPS) is 11.9. The molecule has 0 aliphatic heterocycles. The van der Waals surface area contributed by atoms with Gasteiger partial charge in [0.1, 0.15) is 0 Å². The topological polar surface area (TPSA) is 30.7 Å². The number of benzene rings is 1. The zero-order valence-corrected chi connectivity index (χ0v) is 10.6. The average molecular weight is 316 g/mol. The maximum Gasteiger partial charge on any atom is 0.416 e. The first-order valence-corrected chi connectivity index (χ1v) is 5.57. The summed E-state index contributed by atoms with van der Waals surface area (Å²) in [6, 6.07) is 2.78. The summed E-state index contributed by atoms with van der Waals surface area (Å²) in [5.74, 6) is 0. The third-order valence-corrected chi connectivity index (χ3v) is 2.77. The van der Waals surface area contributed by atoms with Crippen molar-refractivity contribution in [2.24, 2.45) is 0 Å². The summed E-state index contributed by atoms with van der Waals surface area (Å²) in [5, 5.41) is 3.33. The van der Waals surface area contributed by atoms with Gasteiger partial charge >= 0.3 is 6.18 Å². The van der Waals surface area contributed by atoms with Gasteiger partial charge in [0.15, 0.2) is 0 Å².